The fourth-order valence-electron chi connectivity index (χ4n) is 2.77. The normalized spacial score (nSPS) is 10.8. The maximum atomic E-state index is 12.4. The van der Waals surface area contributed by atoms with E-state index in [0.29, 0.717) is 11.5 Å². The molecule has 2 aromatic carbocycles. The zero-order valence-electron chi connectivity index (χ0n) is 14.3. The summed E-state index contributed by atoms with van der Waals surface area (Å²) in [5.74, 6) is 0.870. The fraction of sp³-hybridized carbons (Fsp3) is 0.200. The van der Waals surface area contributed by atoms with Crippen molar-refractivity contribution in [1.82, 2.24) is 4.98 Å². The van der Waals surface area contributed by atoms with E-state index >= 15 is 0 Å². The molecular formula is C20H20N2O2S. The molecule has 0 saturated heterocycles. The first-order valence-electron chi connectivity index (χ1n) is 8.09. The van der Waals surface area contributed by atoms with Gasteiger partial charge in [0.2, 0.25) is 5.91 Å². The van der Waals surface area contributed by atoms with Gasteiger partial charge in [-0.3, -0.25) is 9.59 Å². The van der Waals surface area contributed by atoms with E-state index in [1.165, 1.54) is 11.8 Å². The molecule has 0 radical (unpaired) electrons. The Bertz CT molecular complexity index is 965. The number of aromatic amines is 1. The lowest BCUT2D eigenvalue weighted by molar-refractivity contribution is -0.113. The third-order valence-electron chi connectivity index (χ3n) is 4.01. The lowest BCUT2D eigenvalue weighted by Gasteiger charge is -2.09. The fourth-order valence-corrected chi connectivity index (χ4v) is 3.50. The number of nitrogens with one attached hydrogen (secondary N) is 2. The SMILES string of the molecule is Cc1ccc(C)c2c(=O)cc(CSCC(=O)Nc3ccccc3)[nH]c12. The van der Waals surface area contributed by atoms with Crippen LogP contribution < -0.4 is 10.7 Å². The Labute approximate surface area is 150 Å². The minimum atomic E-state index is -0.0497. The summed E-state index contributed by atoms with van der Waals surface area (Å²) in [6, 6.07) is 15.0. The molecule has 3 rings (SSSR count). The van der Waals surface area contributed by atoms with Gasteiger partial charge in [0.25, 0.3) is 0 Å². The summed E-state index contributed by atoms with van der Waals surface area (Å²) < 4.78 is 0. The van der Waals surface area contributed by atoms with Crippen LogP contribution in [-0.4, -0.2) is 16.6 Å². The smallest absolute Gasteiger partial charge is 0.234 e. The molecule has 0 fully saturated rings. The quantitative estimate of drug-likeness (QED) is 0.729. The lowest BCUT2D eigenvalue weighted by Crippen LogP contribution is -2.14. The van der Waals surface area contributed by atoms with Crippen molar-refractivity contribution in [1.29, 1.82) is 0 Å². The second-order valence-corrected chi connectivity index (χ2v) is 7.00. The Morgan fingerprint density at radius 3 is 2.56 bits per heavy atom. The van der Waals surface area contributed by atoms with Gasteiger partial charge in [-0.05, 0) is 37.1 Å². The van der Waals surface area contributed by atoms with Crippen LogP contribution in [-0.2, 0) is 10.5 Å². The summed E-state index contributed by atoms with van der Waals surface area (Å²) in [5, 5.41) is 3.60. The van der Waals surface area contributed by atoms with Crippen molar-refractivity contribution >= 4 is 34.3 Å². The van der Waals surface area contributed by atoms with Crippen LogP contribution in [0.3, 0.4) is 0 Å². The number of amides is 1. The van der Waals surface area contributed by atoms with Crippen molar-refractivity contribution in [3.8, 4) is 0 Å². The number of anilines is 1. The molecule has 1 amide bonds. The number of carbonyl (C=O) groups excluding carboxylic acids is 1. The first-order chi connectivity index (χ1) is 12.0. The Morgan fingerprint density at radius 2 is 1.80 bits per heavy atom. The lowest BCUT2D eigenvalue weighted by atomic mass is 10.0. The monoisotopic (exact) mass is 352 g/mol. The summed E-state index contributed by atoms with van der Waals surface area (Å²) in [6.45, 7) is 3.93. The van der Waals surface area contributed by atoms with Crippen LogP contribution in [0.2, 0.25) is 0 Å². The maximum absolute atomic E-state index is 12.4. The molecule has 0 bridgehead atoms. The number of pyridine rings is 1. The van der Waals surface area contributed by atoms with Crippen LogP contribution in [0.5, 0.6) is 0 Å². The van der Waals surface area contributed by atoms with Gasteiger partial charge < -0.3 is 10.3 Å². The average molecular weight is 352 g/mol. The van der Waals surface area contributed by atoms with E-state index in [1.807, 2.05) is 56.3 Å². The maximum Gasteiger partial charge on any atom is 0.234 e. The predicted octanol–water partition coefficient (Wildman–Crippen LogP) is 4.02. The molecule has 0 saturated carbocycles. The van der Waals surface area contributed by atoms with E-state index < -0.39 is 0 Å². The second-order valence-electron chi connectivity index (χ2n) is 6.02. The number of benzene rings is 2. The molecule has 3 aromatic rings. The largest absolute Gasteiger partial charge is 0.357 e. The second kappa shape index (κ2) is 7.57. The van der Waals surface area contributed by atoms with E-state index in [1.54, 1.807) is 6.07 Å². The van der Waals surface area contributed by atoms with E-state index in [4.69, 9.17) is 0 Å². The number of hydrogen-bond donors (Lipinski definition) is 2. The molecule has 5 heteroatoms. The molecular weight excluding hydrogens is 332 g/mol. The molecule has 1 heterocycles. The van der Waals surface area contributed by atoms with Crippen LogP contribution in [0.4, 0.5) is 5.69 Å². The van der Waals surface area contributed by atoms with Crippen molar-refractivity contribution in [3.05, 3.63) is 75.6 Å². The van der Waals surface area contributed by atoms with Gasteiger partial charge >= 0.3 is 0 Å². The van der Waals surface area contributed by atoms with Gasteiger partial charge in [0.1, 0.15) is 0 Å². The average Bonchev–Trinajstić information content (AvgIpc) is 2.59. The van der Waals surface area contributed by atoms with Crippen molar-refractivity contribution in [2.75, 3.05) is 11.1 Å². The predicted molar refractivity (Wildman–Crippen MR) is 105 cm³/mol. The number of rotatable bonds is 5. The summed E-state index contributed by atoms with van der Waals surface area (Å²) in [6.07, 6.45) is 0. The molecule has 2 N–H and O–H groups in total. The number of hydrogen-bond acceptors (Lipinski definition) is 3. The van der Waals surface area contributed by atoms with E-state index in [9.17, 15) is 9.59 Å². The van der Waals surface area contributed by atoms with Gasteiger partial charge in [0.05, 0.1) is 11.3 Å². The van der Waals surface area contributed by atoms with Crippen LogP contribution in [0.1, 0.15) is 16.8 Å². The highest BCUT2D eigenvalue weighted by molar-refractivity contribution is 7.99. The minimum Gasteiger partial charge on any atom is -0.357 e. The first kappa shape index (κ1) is 17.3. The van der Waals surface area contributed by atoms with Gasteiger partial charge in [-0.25, -0.2) is 0 Å². The van der Waals surface area contributed by atoms with Crippen molar-refractivity contribution in [3.63, 3.8) is 0 Å². The van der Waals surface area contributed by atoms with Gasteiger partial charge in [0, 0.05) is 28.6 Å². The molecule has 128 valence electrons. The highest BCUT2D eigenvalue weighted by Crippen LogP contribution is 2.19. The number of fused-ring (bicyclic) bond motifs is 1. The Hall–Kier alpha value is -2.53. The molecule has 1 aromatic heterocycles. The third-order valence-corrected chi connectivity index (χ3v) is 4.99. The van der Waals surface area contributed by atoms with Crippen LogP contribution in [0.25, 0.3) is 10.9 Å². The minimum absolute atomic E-state index is 0.0271. The summed E-state index contributed by atoms with van der Waals surface area (Å²) in [4.78, 5) is 27.7. The Balaban J connectivity index is 1.67. The van der Waals surface area contributed by atoms with Crippen LogP contribution in [0.15, 0.2) is 53.3 Å². The zero-order valence-corrected chi connectivity index (χ0v) is 15.1. The van der Waals surface area contributed by atoms with Crippen molar-refractivity contribution < 1.29 is 4.79 Å². The van der Waals surface area contributed by atoms with E-state index in [2.05, 4.69) is 10.3 Å². The van der Waals surface area contributed by atoms with Gasteiger partial charge in [0.15, 0.2) is 5.43 Å². The molecule has 0 aliphatic heterocycles. The molecule has 0 atom stereocenters. The topological polar surface area (TPSA) is 62.0 Å². The van der Waals surface area contributed by atoms with Gasteiger partial charge in [-0.1, -0.05) is 30.3 Å². The van der Waals surface area contributed by atoms with Crippen molar-refractivity contribution in [2.24, 2.45) is 0 Å². The molecule has 0 unspecified atom stereocenters. The number of H-pyrrole nitrogens is 1. The highest BCUT2D eigenvalue weighted by atomic mass is 32.2. The summed E-state index contributed by atoms with van der Waals surface area (Å²) in [5.41, 5.74) is 4.56. The van der Waals surface area contributed by atoms with Crippen LogP contribution >= 0.6 is 11.8 Å². The number of para-hydroxylation sites is 1. The third kappa shape index (κ3) is 4.12. The summed E-state index contributed by atoms with van der Waals surface area (Å²) in [7, 11) is 0. The number of carbonyl (C=O) groups is 1. The zero-order chi connectivity index (χ0) is 17.8. The Morgan fingerprint density at radius 1 is 1.08 bits per heavy atom. The van der Waals surface area contributed by atoms with E-state index in [-0.39, 0.29) is 11.3 Å². The standard InChI is InChI=1S/C20H20N2O2S/c1-13-8-9-14(2)20-19(13)17(23)10-16(22-20)11-25-12-18(24)21-15-6-4-3-5-7-15/h3-10H,11-12H2,1-2H3,(H,21,24)(H,22,23). The molecule has 25 heavy (non-hydrogen) atoms. The van der Waals surface area contributed by atoms with E-state index in [0.717, 1.165) is 33.4 Å². The molecule has 0 aliphatic carbocycles. The Kier molecular flexibility index (Phi) is 5.24. The number of aryl methyl sites for hydroxylation is 2. The van der Waals surface area contributed by atoms with Crippen LogP contribution in [0, 0.1) is 13.8 Å². The highest BCUT2D eigenvalue weighted by Gasteiger charge is 2.08. The molecule has 4 nitrogen and oxygen atoms in total. The number of aromatic nitrogens is 1. The number of thioether (sulfide) groups is 1. The van der Waals surface area contributed by atoms with Gasteiger partial charge in [-0.15, -0.1) is 11.8 Å². The molecule has 0 spiro atoms. The first-order valence-corrected chi connectivity index (χ1v) is 9.25. The van der Waals surface area contributed by atoms with Gasteiger partial charge in [-0.2, -0.15) is 0 Å². The molecule has 0 aliphatic rings. The van der Waals surface area contributed by atoms with Crippen molar-refractivity contribution in [2.45, 2.75) is 19.6 Å². The summed E-state index contributed by atoms with van der Waals surface area (Å²) >= 11 is 1.48.